The van der Waals surface area contributed by atoms with Gasteiger partial charge in [-0.1, -0.05) is 24.6 Å². The second-order valence-electron chi connectivity index (χ2n) is 6.51. The van der Waals surface area contributed by atoms with Gasteiger partial charge in [0.2, 0.25) is 0 Å². The predicted octanol–water partition coefficient (Wildman–Crippen LogP) is 1.32. The molecule has 1 atom stereocenters. The number of rotatable bonds is 8. The van der Waals surface area contributed by atoms with Crippen LogP contribution in [0.25, 0.3) is 0 Å². The fraction of sp³-hybridized carbons (Fsp3) is 0.500. The van der Waals surface area contributed by atoms with Crippen molar-refractivity contribution in [3.05, 3.63) is 30.3 Å². The number of para-hydroxylation sites is 1. The van der Waals surface area contributed by atoms with Gasteiger partial charge in [-0.25, -0.2) is 5.01 Å². The van der Waals surface area contributed by atoms with Gasteiger partial charge >= 0.3 is 31.2 Å². The van der Waals surface area contributed by atoms with Crippen LogP contribution in [0.2, 0.25) is 0 Å². The molecule has 1 aliphatic heterocycles. The Bertz CT molecular complexity index is 799. The van der Waals surface area contributed by atoms with Crippen LogP contribution >= 0.6 is 7.60 Å². The van der Waals surface area contributed by atoms with Gasteiger partial charge in [0.25, 0.3) is 0 Å². The first-order valence-corrected chi connectivity index (χ1v) is 10.4. The molecule has 1 amide bonds. The summed E-state index contributed by atoms with van der Waals surface area (Å²) in [5, 5.41) is 10.3. The quantitative estimate of drug-likeness (QED) is 0.338. The fourth-order valence-corrected chi connectivity index (χ4v) is 3.86. The lowest BCUT2D eigenvalue weighted by atomic mass is 10.2. The number of hydrogen-bond acceptors (Lipinski definition) is 6. The Morgan fingerprint density at radius 1 is 1.13 bits per heavy atom. The van der Waals surface area contributed by atoms with Crippen molar-refractivity contribution in [1.29, 1.82) is 0 Å². The summed E-state index contributed by atoms with van der Waals surface area (Å²) < 4.78 is 57.5. The standard InChI is InChI=1S/C16H21F3N3O7P/c17-15(18,19)14(25)22(11-13(23)24)16(30(26,27)28,20-21-9-5-2-6-10-21)29-12-7-3-1-4-8-12/h1,3-4,7-8,20H,2,5-6,9-11H2,(H,23,24)(H2,26,27,28). The van der Waals surface area contributed by atoms with E-state index in [-0.39, 0.29) is 18.8 Å². The maximum atomic E-state index is 13.3. The van der Waals surface area contributed by atoms with E-state index in [1.54, 1.807) is 0 Å². The Labute approximate surface area is 169 Å². The molecule has 10 nitrogen and oxygen atoms in total. The zero-order valence-electron chi connectivity index (χ0n) is 15.6. The van der Waals surface area contributed by atoms with E-state index >= 15 is 0 Å². The summed E-state index contributed by atoms with van der Waals surface area (Å²) in [5.74, 6) is -5.01. The van der Waals surface area contributed by atoms with Gasteiger partial charge in [-0.15, -0.1) is 0 Å². The third-order valence-corrected chi connectivity index (χ3v) is 5.43. The zero-order valence-corrected chi connectivity index (χ0v) is 16.5. The molecule has 0 aliphatic carbocycles. The molecule has 1 aliphatic rings. The molecule has 4 N–H and O–H groups in total. The molecule has 14 heteroatoms. The molecule has 168 valence electrons. The van der Waals surface area contributed by atoms with Gasteiger partial charge in [-0.2, -0.15) is 18.6 Å². The van der Waals surface area contributed by atoms with E-state index in [4.69, 9.17) is 9.84 Å². The van der Waals surface area contributed by atoms with Crippen LogP contribution in [0, 0.1) is 0 Å². The van der Waals surface area contributed by atoms with Crippen LogP contribution in [-0.4, -0.2) is 68.1 Å². The minimum Gasteiger partial charge on any atom is -0.480 e. The van der Waals surface area contributed by atoms with Crippen molar-refractivity contribution in [2.75, 3.05) is 19.6 Å². The van der Waals surface area contributed by atoms with Crippen LogP contribution in [0.15, 0.2) is 30.3 Å². The third kappa shape index (κ3) is 5.70. The lowest BCUT2D eigenvalue weighted by Crippen LogP contribution is -2.70. The average Bonchev–Trinajstić information content (AvgIpc) is 2.65. The first-order valence-electron chi connectivity index (χ1n) is 8.80. The summed E-state index contributed by atoms with van der Waals surface area (Å²) in [6.07, 6.45) is -3.73. The van der Waals surface area contributed by atoms with Crippen LogP contribution < -0.4 is 10.2 Å². The predicted molar refractivity (Wildman–Crippen MR) is 95.8 cm³/mol. The normalized spacial score (nSPS) is 17.8. The molecule has 0 aromatic heterocycles. The van der Waals surface area contributed by atoms with Gasteiger partial charge in [0.1, 0.15) is 12.3 Å². The van der Waals surface area contributed by atoms with E-state index in [1.807, 2.05) is 0 Å². The van der Waals surface area contributed by atoms with Crippen LogP contribution in [0.4, 0.5) is 13.2 Å². The van der Waals surface area contributed by atoms with Crippen LogP contribution in [0.1, 0.15) is 19.3 Å². The second kappa shape index (κ2) is 9.31. The highest BCUT2D eigenvalue weighted by molar-refractivity contribution is 7.53. The third-order valence-electron chi connectivity index (χ3n) is 4.20. The van der Waals surface area contributed by atoms with E-state index < -0.39 is 42.7 Å². The van der Waals surface area contributed by atoms with E-state index in [2.05, 4.69) is 5.43 Å². The first-order chi connectivity index (χ1) is 13.9. The SMILES string of the molecule is O=C(O)CN(C(=O)C(F)(F)F)C(NN1CCCCC1)(Oc1ccccc1)P(=O)(O)O. The van der Waals surface area contributed by atoms with Gasteiger partial charge in [-0.05, 0) is 25.0 Å². The van der Waals surface area contributed by atoms with Gasteiger partial charge in [-0.3, -0.25) is 19.1 Å². The summed E-state index contributed by atoms with van der Waals surface area (Å²) in [4.78, 5) is 42.9. The Hall–Kier alpha value is -2.18. The molecule has 1 unspecified atom stereocenters. The summed E-state index contributed by atoms with van der Waals surface area (Å²) in [6, 6.07) is 6.67. The van der Waals surface area contributed by atoms with Crippen molar-refractivity contribution in [3.63, 3.8) is 0 Å². The number of carboxylic acid groups (broad SMARTS) is 1. The van der Waals surface area contributed by atoms with Crippen LogP contribution in [0.3, 0.4) is 0 Å². The van der Waals surface area contributed by atoms with Crippen molar-refractivity contribution < 1.29 is 47.0 Å². The number of alkyl halides is 3. The molecular weight excluding hydrogens is 434 g/mol. The molecule has 0 radical (unpaired) electrons. The largest absolute Gasteiger partial charge is 0.480 e. The van der Waals surface area contributed by atoms with Gasteiger partial charge < -0.3 is 19.6 Å². The monoisotopic (exact) mass is 455 g/mol. The van der Waals surface area contributed by atoms with E-state index in [9.17, 15) is 37.1 Å². The van der Waals surface area contributed by atoms with Crippen LogP contribution in [0.5, 0.6) is 5.75 Å². The number of hydrogen-bond donors (Lipinski definition) is 4. The number of benzene rings is 1. The molecule has 0 saturated carbocycles. The highest BCUT2D eigenvalue weighted by Gasteiger charge is 2.62. The van der Waals surface area contributed by atoms with Crippen molar-refractivity contribution in [2.24, 2.45) is 0 Å². The maximum Gasteiger partial charge on any atom is 0.471 e. The Morgan fingerprint density at radius 2 is 1.70 bits per heavy atom. The maximum absolute atomic E-state index is 13.3. The molecule has 30 heavy (non-hydrogen) atoms. The number of carbonyl (C=O) groups is 2. The molecule has 1 aromatic carbocycles. The Kier molecular flexibility index (Phi) is 7.48. The summed E-state index contributed by atoms with van der Waals surface area (Å²) >= 11 is 0. The number of aliphatic carboxylic acids is 1. The lowest BCUT2D eigenvalue weighted by Gasteiger charge is -2.45. The van der Waals surface area contributed by atoms with Crippen LogP contribution in [-0.2, 0) is 14.2 Å². The number of ether oxygens (including phenoxy) is 1. The topological polar surface area (TPSA) is 140 Å². The number of nitrogens with zero attached hydrogens (tertiary/aromatic N) is 2. The molecule has 1 aromatic rings. The van der Waals surface area contributed by atoms with Crippen molar-refractivity contribution in [2.45, 2.75) is 31.0 Å². The average molecular weight is 455 g/mol. The summed E-state index contributed by atoms with van der Waals surface area (Å²) in [6.45, 7) is -1.32. The smallest absolute Gasteiger partial charge is 0.471 e. The highest BCUT2D eigenvalue weighted by atomic mass is 31.2. The number of carbonyl (C=O) groups excluding carboxylic acids is 1. The number of carboxylic acids is 1. The Morgan fingerprint density at radius 3 is 2.17 bits per heavy atom. The summed E-state index contributed by atoms with van der Waals surface area (Å²) in [7, 11) is -5.81. The fourth-order valence-electron chi connectivity index (χ4n) is 2.89. The number of amides is 1. The lowest BCUT2D eigenvalue weighted by molar-refractivity contribution is -0.206. The highest BCUT2D eigenvalue weighted by Crippen LogP contribution is 2.52. The zero-order chi connectivity index (χ0) is 22.6. The number of halogens is 3. The van der Waals surface area contributed by atoms with Gasteiger partial charge in [0, 0.05) is 13.1 Å². The van der Waals surface area contributed by atoms with Crippen molar-refractivity contribution in [3.8, 4) is 5.75 Å². The van der Waals surface area contributed by atoms with Gasteiger partial charge in [0.15, 0.2) is 0 Å². The molecule has 1 saturated heterocycles. The molecule has 1 fully saturated rings. The molecule has 0 bridgehead atoms. The first kappa shape index (κ1) is 24.1. The van der Waals surface area contributed by atoms with Crippen molar-refractivity contribution >= 4 is 19.5 Å². The molecule has 1 heterocycles. The van der Waals surface area contributed by atoms with E-state index in [0.29, 0.717) is 12.8 Å². The Balaban J connectivity index is 2.65. The van der Waals surface area contributed by atoms with E-state index in [0.717, 1.165) is 6.42 Å². The summed E-state index contributed by atoms with van der Waals surface area (Å²) in [5.41, 5.74) is -1.24. The molecule has 0 spiro atoms. The van der Waals surface area contributed by atoms with E-state index in [1.165, 1.54) is 35.3 Å². The van der Waals surface area contributed by atoms with Gasteiger partial charge in [0.05, 0.1) is 0 Å². The minimum absolute atomic E-state index is 0.182. The minimum atomic E-state index is -5.81. The number of nitrogens with one attached hydrogen (secondary N) is 1. The second-order valence-corrected chi connectivity index (χ2v) is 8.20. The number of piperidine rings is 1. The molecule has 2 rings (SSSR count). The molecular formula is C16H21F3N3O7P. The number of hydrazine groups is 1. The van der Waals surface area contributed by atoms with Crippen molar-refractivity contribution in [1.82, 2.24) is 15.3 Å².